The number of aliphatic hydroxyl groups excluding tert-OH is 1. The Balaban J connectivity index is 0.000000211. The number of carbonyl (C=O) groups excluding carboxylic acids is 3. The number of amides is 2. The first-order valence-electron chi connectivity index (χ1n) is 11.6. The van der Waals surface area contributed by atoms with Crippen molar-refractivity contribution in [2.24, 2.45) is 0 Å². The van der Waals surface area contributed by atoms with Gasteiger partial charge in [0, 0.05) is 17.7 Å². The van der Waals surface area contributed by atoms with Gasteiger partial charge in [0.25, 0.3) is 5.91 Å². The summed E-state index contributed by atoms with van der Waals surface area (Å²) >= 11 is 0. The number of rotatable bonds is 4. The average molecular weight is 542 g/mol. The molecule has 14 heteroatoms. The van der Waals surface area contributed by atoms with Gasteiger partial charge in [0.15, 0.2) is 0 Å². The van der Waals surface area contributed by atoms with Crippen LogP contribution in [0.15, 0.2) is 24.3 Å². The van der Waals surface area contributed by atoms with Gasteiger partial charge in [-0.1, -0.05) is 0 Å². The van der Waals surface area contributed by atoms with E-state index in [-0.39, 0.29) is 30.3 Å². The van der Waals surface area contributed by atoms with Crippen molar-refractivity contribution in [3.05, 3.63) is 59.2 Å². The SMILES string of the molecule is CC1CN([C@@H](C)c2ccc(F)nc2F)C(=O)[C@@H](O)O1.C[C@H]1CN([C@@H](C)c2ccc(F)nc2F)C(=O)C(=O)O1. The molecule has 0 spiro atoms. The molecule has 1 N–H and O–H groups in total. The lowest BCUT2D eigenvalue weighted by Crippen LogP contribution is -2.51. The van der Waals surface area contributed by atoms with E-state index in [1.165, 1.54) is 21.9 Å². The fourth-order valence-corrected chi connectivity index (χ4v) is 4.07. The number of pyridine rings is 2. The van der Waals surface area contributed by atoms with Gasteiger partial charge >= 0.3 is 11.9 Å². The number of hydrogen-bond donors (Lipinski definition) is 1. The minimum atomic E-state index is -1.55. The average Bonchev–Trinajstić information content (AvgIpc) is 2.83. The smallest absolute Gasteiger partial charge is 0.397 e. The van der Waals surface area contributed by atoms with Gasteiger partial charge in [-0.25, -0.2) is 4.79 Å². The number of halogens is 4. The van der Waals surface area contributed by atoms with E-state index in [1.54, 1.807) is 27.7 Å². The number of carbonyl (C=O) groups is 3. The number of nitrogens with zero attached hydrogens (tertiary/aromatic N) is 4. The van der Waals surface area contributed by atoms with E-state index in [2.05, 4.69) is 9.97 Å². The lowest BCUT2D eigenvalue weighted by molar-refractivity contribution is -0.200. The number of aromatic nitrogens is 2. The Labute approximate surface area is 215 Å². The van der Waals surface area contributed by atoms with Crippen molar-refractivity contribution in [2.45, 2.75) is 58.3 Å². The second-order valence-corrected chi connectivity index (χ2v) is 8.84. The molecular formula is C24H26F4N4O6. The summed E-state index contributed by atoms with van der Waals surface area (Å²) < 4.78 is 62.4. The summed E-state index contributed by atoms with van der Waals surface area (Å²) in [6.45, 7) is 6.82. The van der Waals surface area contributed by atoms with Gasteiger partial charge in [0.1, 0.15) is 6.10 Å². The van der Waals surface area contributed by atoms with Crippen molar-refractivity contribution < 1.29 is 46.5 Å². The molecule has 2 aromatic heterocycles. The molecule has 4 heterocycles. The van der Waals surface area contributed by atoms with Crippen LogP contribution in [0, 0.1) is 23.8 Å². The van der Waals surface area contributed by atoms with E-state index in [0.717, 1.165) is 12.1 Å². The zero-order valence-corrected chi connectivity index (χ0v) is 20.9. The highest BCUT2D eigenvalue weighted by molar-refractivity contribution is 6.33. The lowest BCUT2D eigenvalue weighted by atomic mass is 10.1. The largest absolute Gasteiger partial charge is 0.454 e. The normalized spacial score (nSPS) is 23.4. The van der Waals surface area contributed by atoms with Crippen LogP contribution >= 0.6 is 0 Å². The summed E-state index contributed by atoms with van der Waals surface area (Å²) in [5, 5.41) is 9.44. The van der Waals surface area contributed by atoms with Gasteiger partial charge in [-0.2, -0.15) is 27.5 Å². The van der Waals surface area contributed by atoms with Gasteiger partial charge < -0.3 is 24.4 Å². The third kappa shape index (κ3) is 6.42. The number of aliphatic hydroxyl groups is 1. The molecule has 206 valence electrons. The predicted octanol–water partition coefficient (Wildman–Crippen LogP) is 2.18. The Morgan fingerprint density at radius 3 is 1.82 bits per heavy atom. The maximum Gasteiger partial charge on any atom is 0.397 e. The molecule has 2 aliphatic heterocycles. The maximum absolute atomic E-state index is 13.6. The van der Waals surface area contributed by atoms with Gasteiger partial charge in [0.05, 0.1) is 24.7 Å². The van der Waals surface area contributed by atoms with Crippen LogP contribution in [0.4, 0.5) is 17.6 Å². The third-order valence-electron chi connectivity index (χ3n) is 6.03. The molecule has 0 aromatic carbocycles. The Morgan fingerprint density at radius 1 is 0.842 bits per heavy atom. The van der Waals surface area contributed by atoms with Crippen LogP contribution in [0.25, 0.3) is 0 Å². The molecule has 0 aliphatic carbocycles. The van der Waals surface area contributed by atoms with Crippen molar-refractivity contribution in [2.75, 3.05) is 13.1 Å². The fraction of sp³-hybridized carbons (Fsp3) is 0.458. The van der Waals surface area contributed by atoms with Crippen LogP contribution in [-0.2, 0) is 23.9 Å². The minimum absolute atomic E-state index is 0.0525. The highest BCUT2D eigenvalue weighted by Gasteiger charge is 2.37. The molecule has 10 nitrogen and oxygen atoms in total. The van der Waals surface area contributed by atoms with Gasteiger partial charge in [-0.15, -0.1) is 0 Å². The molecule has 5 atom stereocenters. The van der Waals surface area contributed by atoms with Crippen molar-refractivity contribution in [1.29, 1.82) is 0 Å². The number of esters is 1. The van der Waals surface area contributed by atoms with Crippen molar-refractivity contribution >= 4 is 17.8 Å². The zero-order valence-electron chi connectivity index (χ0n) is 20.9. The van der Waals surface area contributed by atoms with Crippen LogP contribution in [0.3, 0.4) is 0 Å². The number of hydrogen-bond acceptors (Lipinski definition) is 8. The van der Waals surface area contributed by atoms with E-state index in [9.17, 15) is 37.1 Å². The first-order chi connectivity index (χ1) is 17.8. The molecule has 0 saturated carbocycles. The summed E-state index contributed by atoms with van der Waals surface area (Å²) in [4.78, 5) is 43.4. The monoisotopic (exact) mass is 542 g/mol. The number of ether oxygens (including phenoxy) is 2. The van der Waals surface area contributed by atoms with Gasteiger partial charge in [-0.05, 0) is 52.0 Å². The van der Waals surface area contributed by atoms with Crippen LogP contribution in [0.5, 0.6) is 0 Å². The van der Waals surface area contributed by atoms with E-state index in [0.29, 0.717) is 0 Å². The Kier molecular flexibility index (Phi) is 8.99. The summed E-state index contributed by atoms with van der Waals surface area (Å²) in [6, 6.07) is 3.09. The molecule has 0 bridgehead atoms. The molecule has 1 unspecified atom stereocenters. The van der Waals surface area contributed by atoms with Gasteiger partial charge in [-0.3, -0.25) is 9.59 Å². The highest BCUT2D eigenvalue weighted by Crippen LogP contribution is 2.27. The summed E-state index contributed by atoms with van der Waals surface area (Å²) in [5.41, 5.74) is 0.146. The van der Waals surface area contributed by atoms with Crippen LogP contribution in [0.1, 0.15) is 50.9 Å². The predicted molar refractivity (Wildman–Crippen MR) is 121 cm³/mol. The van der Waals surface area contributed by atoms with Crippen molar-refractivity contribution in [3.63, 3.8) is 0 Å². The van der Waals surface area contributed by atoms with E-state index >= 15 is 0 Å². The second kappa shape index (κ2) is 11.8. The molecule has 2 amide bonds. The van der Waals surface area contributed by atoms with Crippen LogP contribution in [0.2, 0.25) is 0 Å². The summed E-state index contributed by atoms with van der Waals surface area (Å²) in [7, 11) is 0. The fourth-order valence-electron chi connectivity index (χ4n) is 4.07. The molecule has 4 rings (SSSR count). The highest BCUT2D eigenvalue weighted by atomic mass is 19.1. The van der Waals surface area contributed by atoms with Crippen molar-refractivity contribution in [3.8, 4) is 0 Å². The molecule has 2 aliphatic rings. The lowest BCUT2D eigenvalue weighted by Gasteiger charge is -2.37. The molecule has 0 radical (unpaired) electrons. The first-order valence-corrected chi connectivity index (χ1v) is 11.6. The van der Waals surface area contributed by atoms with E-state index < -0.39 is 66.1 Å². The molecular weight excluding hydrogens is 516 g/mol. The summed E-state index contributed by atoms with van der Waals surface area (Å²) in [5.74, 6) is -6.27. The molecule has 2 saturated heterocycles. The Hall–Kier alpha value is -3.65. The maximum atomic E-state index is 13.6. The minimum Gasteiger partial charge on any atom is -0.454 e. The first kappa shape index (κ1) is 28.9. The summed E-state index contributed by atoms with van der Waals surface area (Å²) in [6.07, 6.45) is -2.39. The molecule has 38 heavy (non-hydrogen) atoms. The van der Waals surface area contributed by atoms with Crippen molar-refractivity contribution in [1.82, 2.24) is 19.8 Å². The topological polar surface area (TPSA) is 122 Å². The standard InChI is InChI=1S/C12H14F2N2O3.C12H12F2N2O3/c2*1-6-5-16(11(17)12(18)19-6)7(2)8-3-4-9(13)15-10(8)14/h3-4,6-7,12,18H,5H2,1-2H3;3-4,6-7H,5H2,1-2H3/t6?,7-,12-;6-,7-/m00/s1. The van der Waals surface area contributed by atoms with Gasteiger partial charge in [0.2, 0.25) is 30.1 Å². The third-order valence-corrected chi connectivity index (χ3v) is 6.03. The Bertz CT molecular complexity index is 1220. The quantitative estimate of drug-likeness (QED) is 0.270. The van der Waals surface area contributed by atoms with Crippen LogP contribution in [-0.4, -0.2) is 74.2 Å². The zero-order chi connectivity index (χ0) is 28.3. The van der Waals surface area contributed by atoms with E-state index in [4.69, 9.17) is 9.47 Å². The molecule has 2 fully saturated rings. The Morgan fingerprint density at radius 2 is 1.32 bits per heavy atom. The van der Waals surface area contributed by atoms with E-state index in [1.807, 2.05) is 0 Å². The number of morpholine rings is 2. The van der Waals surface area contributed by atoms with Crippen LogP contribution < -0.4 is 0 Å². The second-order valence-electron chi connectivity index (χ2n) is 8.84. The number of cyclic esters (lactones) is 1. The molecule has 2 aromatic rings.